The Morgan fingerprint density at radius 3 is 2.42 bits per heavy atom. The second-order valence-electron chi connectivity index (χ2n) is 6.34. The Labute approximate surface area is 117 Å². The normalized spacial score (nSPS) is 20.4. The van der Waals surface area contributed by atoms with E-state index in [-0.39, 0.29) is 12.0 Å². The Bertz CT molecular complexity index is 303. The molecule has 4 heteroatoms. The van der Waals surface area contributed by atoms with Crippen LogP contribution in [0.2, 0.25) is 0 Å². The van der Waals surface area contributed by atoms with Crippen molar-refractivity contribution in [2.75, 3.05) is 20.2 Å². The summed E-state index contributed by atoms with van der Waals surface area (Å²) in [5, 5.41) is 3.37. The van der Waals surface area contributed by atoms with E-state index >= 15 is 0 Å². The molecule has 1 aliphatic rings. The second-order valence-corrected chi connectivity index (χ2v) is 6.34. The molecule has 0 aromatic rings. The second kappa shape index (κ2) is 6.71. The molecule has 1 saturated carbocycles. The van der Waals surface area contributed by atoms with E-state index in [2.05, 4.69) is 38.0 Å². The van der Waals surface area contributed by atoms with Gasteiger partial charge in [0.05, 0.1) is 6.61 Å². The molecular weight excluding hydrogens is 240 g/mol. The molecule has 0 aromatic carbocycles. The zero-order valence-electron chi connectivity index (χ0n) is 13.3. The van der Waals surface area contributed by atoms with Crippen molar-refractivity contribution in [3.05, 3.63) is 0 Å². The lowest BCUT2D eigenvalue weighted by Crippen LogP contribution is -2.60. The number of carbonyl (C=O) groups is 1. The number of esters is 1. The average Bonchev–Trinajstić information content (AvgIpc) is 3.10. The fourth-order valence-corrected chi connectivity index (χ4v) is 2.68. The number of hydrogen-bond donors (Lipinski definition) is 1. The molecular formula is C15H30N2O2. The molecule has 0 spiro atoms. The third-order valence-electron chi connectivity index (χ3n) is 3.90. The third-order valence-corrected chi connectivity index (χ3v) is 3.90. The molecule has 1 N–H and O–H groups in total. The predicted octanol–water partition coefficient (Wildman–Crippen LogP) is 2.04. The maximum atomic E-state index is 12.2. The molecule has 112 valence electrons. The Hall–Kier alpha value is -0.610. The molecule has 0 amide bonds. The monoisotopic (exact) mass is 270 g/mol. The summed E-state index contributed by atoms with van der Waals surface area (Å²) in [6.45, 7) is 11.3. The van der Waals surface area contributed by atoms with E-state index < -0.39 is 5.54 Å². The molecule has 0 bridgehead atoms. The van der Waals surface area contributed by atoms with Crippen LogP contribution in [-0.2, 0) is 9.53 Å². The lowest BCUT2D eigenvalue weighted by Gasteiger charge is -2.36. The van der Waals surface area contributed by atoms with E-state index in [4.69, 9.17) is 4.74 Å². The Morgan fingerprint density at radius 1 is 1.42 bits per heavy atom. The van der Waals surface area contributed by atoms with Gasteiger partial charge in [-0.05, 0) is 60.4 Å². The summed E-state index contributed by atoms with van der Waals surface area (Å²) < 4.78 is 5.24. The van der Waals surface area contributed by atoms with Crippen molar-refractivity contribution in [1.82, 2.24) is 10.2 Å². The first kappa shape index (κ1) is 16.4. The molecule has 19 heavy (non-hydrogen) atoms. The SMILES string of the molecule is CCOC(=O)C(C)(CN(C)C(C)C1CC1)NC(C)C. The highest BCUT2D eigenvalue weighted by atomic mass is 16.5. The summed E-state index contributed by atoms with van der Waals surface area (Å²) in [6.07, 6.45) is 2.64. The first-order chi connectivity index (χ1) is 8.80. The maximum Gasteiger partial charge on any atom is 0.327 e. The van der Waals surface area contributed by atoms with E-state index in [0.717, 1.165) is 5.92 Å². The summed E-state index contributed by atoms with van der Waals surface area (Å²) in [5.74, 6) is 0.647. The van der Waals surface area contributed by atoms with Crippen molar-refractivity contribution in [2.45, 2.75) is 65.1 Å². The van der Waals surface area contributed by atoms with Crippen LogP contribution in [-0.4, -0.2) is 48.7 Å². The topological polar surface area (TPSA) is 41.6 Å². The molecule has 4 nitrogen and oxygen atoms in total. The molecule has 0 saturated heterocycles. The van der Waals surface area contributed by atoms with Crippen molar-refractivity contribution >= 4 is 5.97 Å². The lowest BCUT2D eigenvalue weighted by molar-refractivity contribution is -0.151. The Kier molecular flexibility index (Phi) is 5.81. The van der Waals surface area contributed by atoms with E-state index in [9.17, 15) is 4.79 Å². The molecule has 2 atom stereocenters. The van der Waals surface area contributed by atoms with Crippen molar-refractivity contribution in [3.63, 3.8) is 0 Å². The van der Waals surface area contributed by atoms with Gasteiger partial charge in [-0.1, -0.05) is 0 Å². The predicted molar refractivity (Wildman–Crippen MR) is 78.1 cm³/mol. The maximum absolute atomic E-state index is 12.2. The van der Waals surface area contributed by atoms with Crippen LogP contribution in [0.5, 0.6) is 0 Å². The third kappa shape index (κ3) is 4.77. The van der Waals surface area contributed by atoms with Gasteiger partial charge < -0.3 is 9.64 Å². The zero-order valence-corrected chi connectivity index (χ0v) is 13.3. The van der Waals surface area contributed by atoms with Gasteiger partial charge in [0.15, 0.2) is 0 Å². The van der Waals surface area contributed by atoms with Crippen LogP contribution in [0.3, 0.4) is 0 Å². The van der Waals surface area contributed by atoms with Crippen LogP contribution < -0.4 is 5.32 Å². The van der Waals surface area contributed by atoms with Gasteiger partial charge >= 0.3 is 5.97 Å². The van der Waals surface area contributed by atoms with Gasteiger partial charge in [-0.25, -0.2) is 0 Å². The van der Waals surface area contributed by atoms with Gasteiger partial charge in [-0.3, -0.25) is 10.1 Å². The molecule has 0 heterocycles. The Balaban J connectivity index is 2.69. The largest absolute Gasteiger partial charge is 0.465 e. The van der Waals surface area contributed by atoms with Crippen LogP contribution in [0.4, 0.5) is 0 Å². The van der Waals surface area contributed by atoms with Crippen LogP contribution in [0.1, 0.15) is 47.5 Å². The first-order valence-corrected chi connectivity index (χ1v) is 7.45. The van der Waals surface area contributed by atoms with E-state index in [1.807, 2.05) is 13.8 Å². The van der Waals surface area contributed by atoms with Crippen LogP contribution in [0, 0.1) is 5.92 Å². The minimum absolute atomic E-state index is 0.154. The van der Waals surface area contributed by atoms with E-state index in [1.165, 1.54) is 12.8 Å². The fraction of sp³-hybridized carbons (Fsp3) is 0.933. The van der Waals surface area contributed by atoms with Crippen LogP contribution >= 0.6 is 0 Å². The van der Waals surface area contributed by atoms with Gasteiger partial charge in [-0.2, -0.15) is 0 Å². The smallest absolute Gasteiger partial charge is 0.327 e. The number of ether oxygens (including phenoxy) is 1. The van der Waals surface area contributed by atoms with Crippen molar-refractivity contribution < 1.29 is 9.53 Å². The highest BCUT2D eigenvalue weighted by Crippen LogP contribution is 2.35. The summed E-state index contributed by atoms with van der Waals surface area (Å²) in [4.78, 5) is 14.5. The van der Waals surface area contributed by atoms with Crippen molar-refractivity contribution in [1.29, 1.82) is 0 Å². The van der Waals surface area contributed by atoms with Crippen molar-refractivity contribution in [3.8, 4) is 0 Å². The quantitative estimate of drug-likeness (QED) is 0.685. The first-order valence-electron chi connectivity index (χ1n) is 7.45. The number of nitrogens with zero attached hydrogens (tertiary/aromatic N) is 1. The molecule has 0 radical (unpaired) electrons. The summed E-state index contributed by atoms with van der Waals surface area (Å²) >= 11 is 0. The van der Waals surface area contributed by atoms with Gasteiger partial charge in [-0.15, -0.1) is 0 Å². The number of rotatable bonds is 8. The molecule has 1 rings (SSSR count). The highest BCUT2D eigenvalue weighted by Gasteiger charge is 2.39. The van der Waals surface area contributed by atoms with Crippen LogP contribution in [0.15, 0.2) is 0 Å². The minimum atomic E-state index is -0.637. The standard InChI is InChI=1S/C15H30N2O2/c1-7-19-14(18)15(5,16-11(2)3)10-17(6)12(4)13-8-9-13/h11-13,16H,7-10H2,1-6H3. The van der Waals surface area contributed by atoms with Gasteiger partial charge in [0.1, 0.15) is 5.54 Å². The molecule has 1 fully saturated rings. The summed E-state index contributed by atoms with van der Waals surface area (Å²) in [6, 6.07) is 0.779. The minimum Gasteiger partial charge on any atom is -0.465 e. The zero-order chi connectivity index (χ0) is 14.6. The van der Waals surface area contributed by atoms with Crippen molar-refractivity contribution in [2.24, 2.45) is 5.92 Å². The average molecular weight is 270 g/mol. The van der Waals surface area contributed by atoms with E-state index in [0.29, 0.717) is 19.2 Å². The number of carbonyl (C=O) groups excluding carboxylic acids is 1. The highest BCUT2D eigenvalue weighted by molar-refractivity contribution is 5.80. The molecule has 1 aliphatic carbocycles. The fourth-order valence-electron chi connectivity index (χ4n) is 2.68. The number of hydrogen-bond acceptors (Lipinski definition) is 4. The molecule has 0 aromatic heterocycles. The lowest BCUT2D eigenvalue weighted by atomic mass is 9.99. The summed E-state index contributed by atoms with van der Waals surface area (Å²) in [7, 11) is 2.10. The van der Waals surface area contributed by atoms with Crippen LogP contribution in [0.25, 0.3) is 0 Å². The summed E-state index contributed by atoms with van der Waals surface area (Å²) in [5.41, 5.74) is -0.637. The molecule has 2 unspecified atom stereocenters. The van der Waals surface area contributed by atoms with Gasteiger partial charge in [0.2, 0.25) is 0 Å². The van der Waals surface area contributed by atoms with E-state index in [1.54, 1.807) is 0 Å². The molecule has 0 aliphatic heterocycles. The van der Waals surface area contributed by atoms with Gasteiger partial charge in [0, 0.05) is 18.6 Å². The Morgan fingerprint density at radius 2 is 2.00 bits per heavy atom. The number of nitrogens with one attached hydrogen (secondary N) is 1. The van der Waals surface area contributed by atoms with Gasteiger partial charge in [0.25, 0.3) is 0 Å². The number of likely N-dealkylation sites (N-methyl/N-ethyl adjacent to an activating group) is 1.